The fraction of sp³-hybridized carbons (Fsp3) is 1.00. The Labute approximate surface area is 65.1 Å². The van der Waals surface area contributed by atoms with E-state index in [1.54, 1.807) is 13.8 Å². The molecule has 52 valence electrons. The minimum Gasteiger partial charge on any atom is -0.328 e. The van der Waals surface area contributed by atoms with Crippen LogP contribution in [0, 0.1) is 5.92 Å². The highest BCUT2D eigenvalue weighted by Crippen LogP contribution is 2.00. The van der Waals surface area contributed by atoms with Gasteiger partial charge >= 0.3 is 0 Å². The van der Waals surface area contributed by atoms with Gasteiger partial charge in [0.1, 0.15) is 0 Å². The van der Waals surface area contributed by atoms with Crippen LogP contribution in [0.15, 0.2) is 0 Å². The molecule has 0 aliphatic rings. The molecule has 0 radical (unpaired) electrons. The molecule has 1 unspecified atom stereocenters. The van der Waals surface area contributed by atoms with Crippen molar-refractivity contribution in [3.8, 4) is 0 Å². The molecule has 1 nitrogen and oxygen atoms in total. The van der Waals surface area contributed by atoms with Gasteiger partial charge in [-0.05, 0) is 19.1 Å². The lowest BCUT2D eigenvalue weighted by Crippen LogP contribution is -2.16. The van der Waals surface area contributed by atoms with E-state index in [1.165, 1.54) is 0 Å². The van der Waals surface area contributed by atoms with E-state index in [1.807, 2.05) is 0 Å². The van der Waals surface area contributed by atoms with E-state index < -0.39 is 25.2 Å². The molecule has 0 bridgehead atoms. The van der Waals surface area contributed by atoms with Crippen molar-refractivity contribution in [1.82, 2.24) is 0 Å². The van der Waals surface area contributed by atoms with E-state index in [0.717, 1.165) is 0 Å². The fourth-order valence-electron chi connectivity index (χ4n) is 0.359. The van der Waals surface area contributed by atoms with Gasteiger partial charge in [0, 0.05) is 12.9 Å². The minimum atomic E-state index is -2.42. The Kier molecular flexibility index (Phi) is 2.31. The molecule has 0 saturated heterocycles. The first-order valence-electron chi connectivity index (χ1n) is 4.85. The first kappa shape index (κ1) is 3.43. The number of halogens is 1. The molecular weight excluding hydrogens is 122 g/mol. The van der Waals surface area contributed by atoms with Gasteiger partial charge in [0.15, 0.2) is 0 Å². The molecule has 0 heterocycles. The summed E-state index contributed by atoms with van der Waals surface area (Å²) in [4.78, 5) is 0. The summed E-state index contributed by atoms with van der Waals surface area (Å²) in [6, 6.07) is -1.41. The van der Waals surface area contributed by atoms with E-state index in [0.29, 0.717) is 0 Å². The molecular formula is C6H16ClN. The summed E-state index contributed by atoms with van der Waals surface area (Å²) in [6.45, 7) is 0.810. The van der Waals surface area contributed by atoms with E-state index in [-0.39, 0.29) is 12.4 Å². The lowest BCUT2D eigenvalue weighted by atomic mass is 10.1. The average molecular weight is 143 g/mol. The molecule has 0 aliphatic carbocycles. The Morgan fingerprint density at radius 2 is 2.25 bits per heavy atom. The molecule has 0 rings (SSSR count). The Bertz CT molecular complexity index is 156. The van der Waals surface area contributed by atoms with Crippen molar-refractivity contribution in [2.75, 3.05) is 0 Å². The van der Waals surface area contributed by atoms with Crippen molar-refractivity contribution in [1.29, 1.82) is 0 Å². The average Bonchev–Trinajstić information content (AvgIpc) is 1.83. The summed E-state index contributed by atoms with van der Waals surface area (Å²) in [5, 5.41) is 0. The third-order valence-electron chi connectivity index (χ3n) is 0.513. The van der Waals surface area contributed by atoms with Gasteiger partial charge in [-0.2, -0.15) is 0 Å². The number of hydrogen-bond donors (Lipinski definition) is 1. The van der Waals surface area contributed by atoms with Gasteiger partial charge in [0.05, 0.1) is 0 Å². The molecule has 8 heavy (non-hydrogen) atoms. The van der Waals surface area contributed by atoms with Crippen LogP contribution in [0.1, 0.15) is 33.9 Å². The van der Waals surface area contributed by atoms with Crippen LogP contribution >= 0.6 is 12.4 Å². The van der Waals surface area contributed by atoms with E-state index in [2.05, 4.69) is 0 Å². The van der Waals surface area contributed by atoms with Crippen LogP contribution in [-0.2, 0) is 0 Å². The van der Waals surface area contributed by atoms with Gasteiger partial charge in [-0.3, -0.25) is 0 Å². The lowest BCUT2D eigenvalue weighted by Gasteiger charge is -2.05. The maximum atomic E-state index is 7.42. The van der Waals surface area contributed by atoms with Crippen LogP contribution in [-0.4, -0.2) is 6.04 Å². The monoisotopic (exact) mass is 142 g/mol. The Morgan fingerprint density at radius 1 is 1.75 bits per heavy atom. The van der Waals surface area contributed by atoms with Crippen molar-refractivity contribution in [3.63, 3.8) is 0 Å². The van der Waals surface area contributed by atoms with Crippen molar-refractivity contribution in [3.05, 3.63) is 0 Å². The summed E-state index contributed by atoms with van der Waals surface area (Å²) < 4.78 is 35.7. The smallest absolute Gasteiger partial charge is 0.0285 e. The summed E-state index contributed by atoms with van der Waals surface area (Å²) in [6.07, 6.45) is -1.84. The topological polar surface area (TPSA) is 26.0 Å². The zero-order chi connectivity index (χ0) is 10.2. The highest BCUT2D eigenvalue weighted by atomic mass is 35.5. The van der Waals surface area contributed by atoms with E-state index >= 15 is 0 Å². The zero-order valence-electron chi connectivity index (χ0n) is 10.1. The van der Waals surface area contributed by atoms with Crippen LogP contribution in [0.25, 0.3) is 0 Å². The van der Waals surface area contributed by atoms with Crippen LogP contribution < -0.4 is 5.73 Å². The largest absolute Gasteiger partial charge is 0.328 e. The number of rotatable bonds is 2. The fourth-order valence-corrected chi connectivity index (χ4v) is 0.359. The second-order valence-electron chi connectivity index (χ2n) is 1.80. The van der Waals surface area contributed by atoms with Crippen LogP contribution in [0.4, 0.5) is 0 Å². The number of nitrogens with two attached hydrogens (primary N) is 1. The van der Waals surface area contributed by atoms with Gasteiger partial charge in [-0.1, -0.05) is 13.8 Å². The Balaban J connectivity index is 0. The quantitative estimate of drug-likeness (QED) is 0.626. The molecule has 1 atom stereocenters. The maximum absolute atomic E-state index is 7.42. The molecule has 0 spiro atoms. The van der Waals surface area contributed by atoms with Gasteiger partial charge in [0.2, 0.25) is 0 Å². The van der Waals surface area contributed by atoms with Crippen LogP contribution in [0.2, 0.25) is 0 Å². The molecule has 0 aromatic heterocycles. The van der Waals surface area contributed by atoms with Crippen LogP contribution in [0.3, 0.4) is 0 Å². The molecule has 2 heteroatoms. The normalized spacial score (nSPS) is 25.8. The summed E-state index contributed by atoms with van der Waals surface area (Å²) in [5.74, 6) is -0.395. The summed E-state index contributed by atoms with van der Waals surface area (Å²) in [7, 11) is 0. The third kappa shape index (κ3) is 9.54. The molecule has 0 aromatic carbocycles. The SMILES string of the molecule is Cl.[2H]C([2H])([2H])C(N)C([2H])([2H])C(C)C. The first-order chi connectivity index (χ1) is 5.10. The predicted octanol–water partition coefficient (Wildman–Crippen LogP) is 1.80. The van der Waals surface area contributed by atoms with Crippen molar-refractivity contribution >= 4 is 12.4 Å². The van der Waals surface area contributed by atoms with Gasteiger partial charge in [-0.15, -0.1) is 12.4 Å². The third-order valence-corrected chi connectivity index (χ3v) is 0.513. The molecule has 0 aliphatic heterocycles. The Morgan fingerprint density at radius 3 is 2.38 bits per heavy atom. The van der Waals surface area contributed by atoms with E-state index in [4.69, 9.17) is 12.6 Å². The van der Waals surface area contributed by atoms with Crippen LogP contribution in [0.5, 0.6) is 0 Å². The van der Waals surface area contributed by atoms with Gasteiger partial charge < -0.3 is 5.73 Å². The molecule has 0 amide bonds. The Hall–Kier alpha value is 0.250. The highest BCUT2D eigenvalue weighted by molar-refractivity contribution is 5.85. The standard InChI is InChI=1S/C6H15N.ClH/c1-5(2)4-6(3)7;/h5-6H,4,7H2,1-3H3;1H/i3D3,4D2;. The molecule has 2 N–H and O–H groups in total. The highest BCUT2D eigenvalue weighted by Gasteiger charge is 1.95. The minimum absolute atomic E-state index is 0. The second kappa shape index (κ2) is 5.39. The lowest BCUT2D eigenvalue weighted by molar-refractivity contribution is 0.520. The molecule has 0 aromatic rings. The molecule has 0 saturated carbocycles. The summed E-state index contributed by atoms with van der Waals surface area (Å²) >= 11 is 0. The predicted molar refractivity (Wildman–Crippen MR) is 40.4 cm³/mol. The van der Waals surface area contributed by atoms with Crippen molar-refractivity contribution < 1.29 is 6.85 Å². The van der Waals surface area contributed by atoms with Crippen molar-refractivity contribution in [2.24, 2.45) is 11.7 Å². The summed E-state index contributed by atoms with van der Waals surface area (Å²) in [5.41, 5.74) is 5.29. The zero-order valence-corrected chi connectivity index (χ0v) is 5.96. The maximum Gasteiger partial charge on any atom is 0.0285 e. The first-order valence-corrected chi connectivity index (χ1v) is 2.35. The van der Waals surface area contributed by atoms with Gasteiger partial charge in [-0.25, -0.2) is 0 Å². The van der Waals surface area contributed by atoms with E-state index in [9.17, 15) is 0 Å². The number of hydrogen-bond acceptors (Lipinski definition) is 1. The molecule has 0 fully saturated rings. The second-order valence-corrected chi connectivity index (χ2v) is 1.80. The van der Waals surface area contributed by atoms with Crippen molar-refractivity contribution in [2.45, 2.75) is 33.1 Å². The van der Waals surface area contributed by atoms with Gasteiger partial charge in [0.25, 0.3) is 0 Å².